The van der Waals surface area contributed by atoms with E-state index in [2.05, 4.69) is 10.1 Å². The zero-order chi connectivity index (χ0) is 16.9. The van der Waals surface area contributed by atoms with Gasteiger partial charge < -0.3 is 15.0 Å². The molecule has 6 heteroatoms. The number of alkyl halides is 2. The lowest BCUT2D eigenvalue weighted by Crippen LogP contribution is -2.45. The van der Waals surface area contributed by atoms with Gasteiger partial charge in [0.15, 0.2) is 0 Å². The minimum absolute atomic E-state index is 0.0955. The van der Waals surface area contributed by atoms with Crippen LogP contribution in [0.15, 0.2) is 24.3 Å². The summed E-state index contributed by atoms with van der Waals surface area (Å²) in [7, 11) is 0. The first-order valence-corrected chi connectivity index (χ1v) is 8.65. The molecule has 0 atom stereocenters. The fraction of sp³-hybridized carbons (Fsp3) is 0.611. The summed E-state index contributed by atoms with van der Waals surface area (Å²) in [5.74, 6) is 1.09. The number of nitrogens with one attached hydrogen (secondary N) is 1. The number of benzene rings is 1. The van der Waals surface area contributed by atoms with Crippen molar-refractivity contribution >= 4 is 5.91 Å². The van der Waals surface area contributed by atoms with Gasteiger partial charge in [-0.3, -0.25) is 4.79 Å². The van der Waals surface area contributed by atoms with Crippen LogP contribution in [0.2, 0.25) is 0 Å². The van der Waals surface area contributed by atoms with E-state index in [0.29, 0.717) is 12.5 Å². The fourth-order valence-electron chi connectivity index (χ4n) is 3.06. The molecule has 1 N–H and O–H groups in total. The van der Waals surface area contributed by atoms with Gasteiger partial charge in [-0.2, -0.15) is 8.78 Å². The van der Waals surface area contributed by atoms with Crippen molar-refractivity contribution in [3.8, 4) is 5.75 Å². The van der Waals surface area contributed by atoms with Gasteiger partial charge in [0.2, 0.25) is 5.91 Å². The van der Waals surface area contributed by atoms with Crippen LogP contribution in [0.25, 0.3) is 0 Å². The van der Waals surface area contributed by atoms with Crippen LogP contribution < -0.4 is 10.1 Å². The summed E-state index contributed by atoms with van der Waals surface area (Å²) >= 11 is 0. The monoisotopic (exact) mass is 338 g/mol. The second-order valence-corrected chi connectivity index (χ2v) is 6.71. The Balaban J connectivity index is 1.41. The summed E-state index contributed by atoms with van der Waals surface area (Å²) in [6, 6.07) is 6.81. The summed E-state index contributed by atoms with van der Waals surface area (Å²) in [6.45, 7) is -0.139. The molecule has 0 spiro atoms. The molecule has 1 aromatic rings. The lowest BCUT2D eigenvalue weighted by Gasteiger charge is -2.32. The molecule has 24 heavy (non-hydrogen) atoms. The van der Waals surface area contributed by atoms with E-state index < -0.39 is 6.61 Å². The molecule has 132 valence electrons. The quantitative estimate of drug-likeness (QED) is 0.831. The standard InChI is InChI=1S/C18H24F2N2O2/c19-18(20)24-16-5-3-13(4-6-16)11-17(23)22-9-7-15(8-10-22)21-12-14-1-2-14/h3-6,14-15,18,21H,1-2,7-12H2. The molecule has 1 aliphatic carbocycles. The summed E-state index contributed by atoms with van der Waals surface area (Å²) in [5, 5.41) is 3.60. The van der Waals surface area contributed by atoms with E-state index in [-0.39, 0.29) is 11.7 Å². The van der Waals surface area contributed by atoms with Gasteiger partial charge in [-0.25, -0.2) is 0 Å². The average molecular weight is 338 g/mol. The number of rotatable bonds is 7. The molecule has 1 heterocycles. The number of hydrogen-bond acceptors (Lipinski definition) is 3. The molecule has 0 unspecified atom stereocenters. The molecular formula is C18H24F2N2O2. The first-order valence-electron chi connectivity index (χ1n) is 8.65. The molecule has 1 saturated heterocycles. The van der Waals surface area contributed by atoms with Gasteiger partial charge in [0.05, 0.1) is 6.42 Å². The number of likely N-dealkylation sites (tertiary alicyclic amines) is 1. The van der Waals surface area contributed by atoms with Crippen molar-refractivity contribution in [1.82, 2.24) is 10.2 Å². The average Bonchev–Trinajstić information content (AvgIpc) is 3.39. The van der Waals surface area contributed by atoms with Crippen LogP contribution in [0.4, 0.5) is 8.78 Å². The van der Waals surface area contributed by atoms with Gasteiger partial charge >= 0.3 is 6.61 Å². The maximum Gasteiger partial charge on any atom is 0.387 e. The van der Waals surface area contributed by atoms with E-state index in [1.165, 1.54) is 25.0 Å². The molecule has 1 saturated carbocycles. The Morgan fingerprint density at radius 1 is 1.17 bits per heavy atom. The van der Waals surface area contributed by atoms with E-state index in [1.807, 2.05) is 4.90 Å². The van der Waals surface area contributed by atoms with Crippen LogP contribution >= 0.6 is 0 Å². The van der Waals surface area contributed by atoms with Crippen molar-refractivity contribution < 1.29 is 18.3 Å². The number of amides is 1. The number of piperidine rings is 1. The van der Waals surface area contributed by atoms with E-state index in [4.69, 9.17) is 0 Å². The Morgan fingerprint density at radius 3 is 2.42 bits per heavy atom. The molecule has 0 aromatic heterocycles. The smallest absolute Gasteiger partial charge is 0.387 e. The highest BCUT2D eigenvalue weighted by atomic mass is 19.3. The highest BCUT2D eigenvalue weighted by Gasteiger charge is 2.25. The molecule has 3 rings (SSSR count). The second-order valence-electron chi connectivity index (χ2n) is 6.71. The van der Waals surface area contributed by atoms with Gasteiger partial charge in [0.25, 0.3) is 0 Å². The fourth-order valence-corrected chi connectivity index (χ4v) is 3.06. The minimum atomic E-state index is -2.83. The maximum absolute atomic E-state index is 12.4. The van der Waals surface area contributed by atoms with Crippen molar-refractivity contribution in [2.75, 3.05) is 19.6 Å². The normalized spacial score (nSPS) is 18.9. The van der Waals surface area contributed by atoms with Gasteiger partial charge in [0, 0.05) is 19.1 Å². The molecule has 1 amide bonds. The number of carbonyl (C=O) groups excluding carboxylic acids is 1. The van der Waals surface area contributed by atoms with Crippen LogP contribution in [0.5, 0.6) is 5.75 Å². The first kappa shape index (κ1) is 17.1. The molecule has 4 nitrogen and oxygen atoms in total. The van der Waals surface area contributed by atoms with Crippen molar-refractivity contribution in [1.29, 1.82) is 0 Å². The Labute approximate surface area is 141 Å². The van der Waals surface area contributed by atoms with E-state index in [1.54, 1.807) is 12.1 Å². The molecule has 2 fully saturated rings. The predicted octanol–water partition coefficient (Wildman–Crippen LogP) is 2.82. The zero-order valence-corrected chi connectivity index (χ0v) is 13.7. The summed E-state index contributed by atoms with van der Waals surface area (Å²) in [5.41, 5.74) is 0.815. The first-order chi connectivity index (χ1) is 11.6. The van der Waals surface area contributed by atoms with E-state index in [9.17, 15) is 13.6 Å². The van der Waals surface area contributed by atoms with Gasteiger partial charge in [-0.1, -0.05) is 12.1 Å². The lowest BCUT2D eigenvalue weighted by molar-refractivity contribution is -0.131. The van der Waals surface area contributed by atoms with Gasteiger partial charge in [-0.05, 0) is 55.8 Å². The Bertz CT molecular complexity index is 538. The summed E-state index contributed by atoms with van der Waals surface area (Å²) in [4.78, 5) is 14.3. The van der Waals surface area contributed by atoms with Crippen molar-refractivity contribution in [2.45, 2.75) is 44.8 Å². The van der Waals surface area contributed by atoms with E-state index >= 15 is 0 Å². The molecule has 1 aromatic carbocycles. The summed E-state index contributed by atoms with van der Waals surface area (Å²) in [6.07, 6.45) is 5.01. The Kier molecular flexibility index (Phi) is 5.66. The maximum atomic E-state index is 12.4. The minimum Gasteiger partial charge on any atom is -0.435 e. The topological polar surface area (TPSA) is 41.6 Å². The summed E-state index contributed by atoms with van der Waals surface area (Å²) < 4.78 is 28.6. The molecule has 0 radical (unpaired) electrons. The molecule has 1 aliphatic heterocycles. The highest BCUT2D eigenvalue weighted by Crippen LogP contribution is 2.28. The third-order valence-electron chi connectivity index (χ3n) is 4.74. The van der Waals surface area contributed by atoms with Crippen LogP contribution in [-0.2, 0) is 11.2 Å². The van der Waals surface area contributed by atoms with Crippen LogP contribution in [0, 0.1) is 5.92 Å². The predicted molar refractivity (Wildman–Crippen MR) is 87.1 cm³/mol. The third-order valence-corrected chi connectivity index (χ3v) is 4.74. The van der Waals surface area contributed by atoms with Gasteiger partial charge in [0.1, 0.15) is 5.75 Å². The Hall–Kier alpha value is -1.69. The number of halogens is 2. The third kappa shape index (κ3) is 5.16. The second kappa shape index (κ2) is 7.92. The number of nitrogens with zero attached hydrogens (tertiary/aromatic N) is 1. The number of hydrogen-bond donors (Lipinski definition) is 1. The van der Waals surface area contributed by atoms with Crippen LogP contribution in [0.1, 0.15) is 31.2 Å². The van der Waals surface area contributed by atoms with Gasteiger partial charge in [-0.15, -0.1) is 0 Å². The zero-order valence-electron chi connectivity index (χ0n) is 13.7. The van der Waals surface area contributed by atoms with E-state index in [0.717, 1.165) is 44.0 Å². The van der Waals surface area contributed by atoms with Crippen LogP contribution in [0.3, 0.4) is 0 Å². The van der Waals surface area contributed by atoms with Crippen molar-refractivity contribution in [2.24, 2.45) is 5.92 Å². The highest BCUT2D eigenvalue weighted by molar-refractivity contribution is 5.78. The molecular weight excluding hydrogens is 314 g/mol. The number of ether oxygens (including phenoxy) is 1. The van der Waals surface area contributed by atoms with Crippen LogP contribution in [-0.4, -0.2) is 43.1 Å². The lowest BCUT2D eigenvalue weighted by atomic mass is 10.0. The largest absolute Gasteiger partial charge is 0.435 e. The molecule has 0 bridgehead atoms. The Morgan fingerprint density at radius 2 is 1.83 bits per heavy atom. The molecule has 2 aliphatic rings. The number of carbonyl (C=O) groups is 1. The van der Waals surface area contributed by atoms with Crippen molar-refractivity contribution in [3.05, 3.63) is 29.8 Å². The van der Waals surface area contributed by atoms with Crippen molar-refractivity contribution in [3.63, 3.8) is 0 Å². The SMILES string of the molecule is O=C(Cc1ccc(OC(F)F)cc1)N1CCC(NCC2CC2)CC1.